The summed E-state index contributed by atoms with van der Waals surface area (Å²) in [5.41, 5.74) is 3.03. The number of amides is 3. The van der Waals surface area contributed by atoms with Crippen LogP contribution in [0.2, 0.25) is 0 Å². The van der Waals surface area contributed by atoms with Crippen molar-refractivity contribution in [3.05, 3.63) is 47.0 Å². The fourth-order valence-electron chi connectivity index (χ4n) is 4.17. The number of nitrogens with one attached hydrogen (secondary N) is 2. The molecule has 9 heteroatoms. The van der Waals surface area contributed by atoms with Gasteiger partial charge in [-0.3, -0.25) is 4.79 Å². The minimum absolute atomic E-state index is 0.0814. The predicted octanol–water partition coefficient (Wildman–Crippen LogP) is 2.84. The number of fused-ring (bicyclic) bond motifs is 2. The Labute approximate surface area is 199 Å². The van der Waals surface area contributed by atoms with Gasteiger partial charge in [0.15, 0.2) is 23.0 Å². The number of methoxy groups -OCH3 is 2. The van der Waals surface area contributed by atoms with E-state index in [1.165, 1.54) is 0 Å². The molecule has 1 unspecified atom stereocenters. The lowest BCUT2D eigenvalue weighted by molar-refractivity contribution is -0.124. The highest BCUT2D eigenvalue weighted by molar-refractivity contribution is 5.87. The second-order valence-electron chi connectivity index (χ2n) is 8.72. The van der Waals surface area contributed by atoms with Crippen LogP contribution in [0.15, 0.2) is 30.3 Å². The first-order chi connectivity index (χ1) is 16.4. The van der Waals surface area contributed by atoms with Crippen LogP contribution in [0.1, 0.15) is 30.5 Å². The van der Waals surface area contributed by atoms with Gasteiger partial charge in [-0.1, -0.05) is 19.9 Å². The van der Waals surface area contributed by atoms with E-state index >= 15 is 0 Å². The minimum atomic E-state index is -0.659. The van der Waals surface area contributed by atoms with Crippen molar-refractivity contribution in [2.75, 3.05) is 27.6 Å². The maximum absolute atomic E-state index is 13.1. The SMILES string of the molecule is COc1cc2c(cc1OC)CN(C(=O)NC(C(=O)NCc1ccc3c(c1)OCO3)C(C)C)CC2. The summed E-state index contributed by atoms with van der Waals surface area (Å²) >= 11 is 0. The molecule has 1 atom stereocenters. The Kier molecular flexibility index (Phi) is 7.00. The van der Waals surface area contributed by atoms with Gasteiger partial charge in [-0.15, -0.1) is 0 Å². The van der Waals surface area contributed by atoms with Crippen molar-refractivity contribution in [1.29, 1.82) is 0 Å². The molecule has 2 aliphatic heterocycles. The zero-order valence-corrected chi connectivity index (χ0v) is 20.0. The van der Waals surface area contributed by atoms with Crippen LogP contribution >= 0.6 is 0 Å². The lowest BCUT2D eigenvalue weighted by Gasteiger charge is -2.32. The highest BCUT2D eigenvalue weighted by Crippen LogP contribution is 2.34. The first-order valence-electron chi connectivity index (χ1n) is 11.3. The normalized spacial score (nSPS) is 14.9. The van der Waals surface area contributed by atoms with E-state index in [4.69, 9.17) is 18.9 Å². The zero-order valence-electron chi connectivity index (χ0n) is 20.0. The molecule has 0 spiro atoms. The molecule has 2 aliphatic rings. The number of hydrogen-bond acceptors (Lipinski definition) is 6. The third-order valence-corrected chi connectivity index (χ3v) is 6.14. The molecule has 0 saturated heterocycles. The summed E-state index contributed by atoms with van der Waals surface area (Å²) in [6.45, 7) is 5.34. The van der Waals surface area contributed by atoms with E-state index in [9.17, 15) is 9.59 Å². The zero-order chi connectivity index (χ0) is 24.2. The van der Waals surface area contributed by atoms with E-state index in [-0.39, 0.29) is 24.6 Å². The van der Waals surface area contributed by atoms with Crippen LogP contribution in [0.4, 0.5) is 4.79 Å². The Morgan fingerprint density at radius 3 is 2.44 bits per heavy atom. The largest absolute Gasteiger partial charge is 0.493 e. The molecule has 0 saturated carbocycles. The third-order valence-electron chi connectivity index (χ3n) is 6.14. The molecule has 9 nitrogen and oxygen atoms in total. The number of rotatable bonds is 7. The molecule has 0 aliphatic carbocycles. The van der Waals surface area contributed by atoms with Crippen LogP contribution in [-0.2, 0) is 24.3 Å². The highest BCUT2D eigenvalue weighted by Gasteiger charge is 2.29. The molecule has 2 aromatic carbocycles. The van der Waals surface area contributed by atoms with Crippen molar-refractivity contribution in [3.63, 3.8) is 0 Å². The van der Waals surface area contributed by atoms with Crippen molar-refractivity contribution >= 4 is 11.9 Å². The van der Waals surface area contributed by atoms with Crippen LogP contribution in [-0.4, -0.2) is 50.4 Å². The fraction of sp³-hybridized carbons (Fsp3) is 0.440. The Hall–Kier alpha value is -3.62. The van der Waals surface area contributed by atoms with E-state index in [0.717, 1.165) is 16.7 Å². The molecule has 2 heterocycles. The maximum atomic E-state index is 13.1. The molecule has 2 aromatic rings. The quantitative estimate of drug-likeness (QED) is 0.647. The van der Waals surface area contributed by atoms with E-state index in [2.05, 4.69) is 10.6 Å². The first-order valence-corrected chi connectivity index (χ1v) is 11.3. The Balaban J connectivity index is 1.37. The van der Waals surface area contributed by atoms with Gasteiger partial charge in [0.05, 0.1) is 14.2 Å². The lowest BCUT2D eigenvalue weighted by Crippen LogP contribution is -2.54. The summed E-state index contributed by atoms with van der Waals surface area (Å²) in [5, 5.41) is 5.84. The molecular formula is C25H31N3O6. The molecule has 34 heavy (non-hydrogen) atoms. The summed E-state index contributed by atoms with van der Waals surface area (Å²) in [4.78, 5) is 27.7. The van der Waals surface area contributed by atoms with E-state index in [1.807, 2.05) is 44.2 Å². The average Bonchev–Trinajstić information content (AvgIpc) is 3.32. The third kappa shape index (κ3) is 4.98. The van der Waals surface area contributed by atoms with Gasteiger partial charge in [-0.25, -0.2) is 4.79 Å². The topological polar surface area (TPSA) is 98.4 Å². The maximum Gasteiger partial charge on any atom is 0.318 e. The Morgan fingerprint density at radius 2 is 1.74 bits per heavy atom. The number of carbonyl (C=O) groups excluding carboxylic acids is 2. The van der Waals surface area contributed by atoms with Gasteiger partial charge in [-0.05, 0) is 53.3 Å². The van der Waals surface area contributed by atoms with Gasteiger partial charge < -0.3 is 34.5 Å². The molecular weight excluding hydrogens is 438 g/mol. The smallest absolute Gasteiger partial charge is 0.318 e. The van der Waals surface area contributed by atoms with Gasteiger partial charge in [0.1, 0.15) is 6.04 Å². The molecule has 0 fully saturated rings. The standard InChI is InChI=1S/C25H31N3O6/c1-15(2)23(24(29)26-12-16-5-6-19-22(9-16)34-14-33-19)27-25(30)28-8-7-17-10-20(31-3)21(32-4)11-18(17)13-28/h5-6,9-11,15,23H,7-8,12-14H2,1-4H3,(H,26,29)(H,27,30). The van der Waals surface area contributed by atoms with Crippen LogP contribution in [0, 0.1) is 5.92 Å². The minimum Gasteiger partial charge on any atom is -0.493 e. The average molecular weight is 470 g/mol. The van der Waals surface area contributed by atoms with E-state index < -0.39 is 6.04 Å². The number of urea groups is 1. The lowest BCUT2D eigenvalue weighted by atomic mass is 9.99. The van der Waals surface area contributed by atoms with Gasteiger partial charge in [-0.2, -0.15) is 0 Å². The van der Waals surface area contributed by atoms with Crippen LogP contribution < -0.4 is 29.6 Å². The summed E-state index contributed by atoms with van der Waals surface area (Å²) in [6.07, 6.45) is 0.700. The Morgan fingerprint density at radius 1 is 1.03 bits per heavy atom. The van der Waals surface area contributed by atoms with Crippen molar-refractivity contribution in [2.45, 2.75) is 39.4 Å². The van der Waals surface area contributed by atoms with Crippen molar-refractivity contribution in [1.82, 2.24) is 15.5 Å². The Bertz CT molecular complexity index is 1070. The van der Waals surface area contributed by atoms with Gasteiger partial charge in [0.2, 0.25) is 12.7 Å². The van der Waals surface area contributed by atoms with Gasteiger partial charge in [0.25, 0.3) is 0 Å². The van der Waals surface area contributed by atoms with Crippen LogP contribution in [0.5, 0.6) is 23.0 Å². The molecule has 3 amide bonds. The summed E-state index contributed by atoms with van der Waals surface area (Å²) in [7, 11) is 3.20. The van der Waals surface area contributed by atoms with Crippen LogP contribution in [0.25, 0.3) is 0 Å². The van der Waals surface area contributed by atoms with Crippen molar-refractivity contribution < 1.29 is 28.5 Å². The molecule has 0 bridgehead atoms. The number of nitrogens with zero attached hydrogens (tertiary/aromatic N) is 1. The fourth-order valence-corrected chi connectivity index (χ4v) is 4.17. The summed E-state index contributed by atoms with van der Waals surface area (Å²) < 4.78 is 21.5. The number of carbonyl (C=O) groups is 2. The predicted molar refractivity (Wildman–Crippen MR) is 125 cm³/mol. The van der Waals surface area contributed by atoms with Gasteiger partial charge in [0, 0.05) is 19.6 Å². The van der Waals surface area contributed by atoms with Crippen LogP contribution in [0.3, 0.4) is 0 Å². The highest BCUT2D eigenvalue weighted by atomic mass is 16.7. The second kappa shape index (κ2) is 10.1. The molecule has 182 valence electrons. The van der Waals surface area contributed by atoms with Crippen molar-refractivity contribution in [2.24, 2.45) is 5.92 Å². The van der Waals surface area contributed by atoms with E-state index in [1.54, 1.807) is 19.1 Å². The monoisotopic (exact) mass is 469 g/mol. The van der Waals surface area contributed by atoms with E-state index in [0.29, 0.717) is 49.1 Å². The summed E-state index contributed by atoms with van der Waals surface area (Å²) in [5.74, 6) is 2.36. The number of ether oxygens (including phenoxy) is 4. The molecule has 0 radical (unpaired) electrons. The first kappa shape index (κ1) is 23.5. The molecule has 0 aromatic heterocycles. The summed E-state index contributed by atoms with van der Waals surface area (Å²) in [6, 6.07) is 8.50. The number of hydrogen-bond donors (Lipinski definition) is 2. The van der Waals surface area contributed by atoms with Crippen molar-refractivity contribution in [3.8, 4) is 23.0 Å². The van der Waals surface area contributed by atoms with Gasteiger partial charge >= 0.3 is 6.03 Å². The molecule has 4 rings (SSSR count). The second-order valence-corrected chi connectivity index (χ2v) is 8.72. The number of benzene rings is 2. The molecule has 2 N–H and O–H groups in total.